The van der Waals surface area contributed by atoms with E-state index in [0.29, 0.717) is 11.1 Å². The van der Waals surface area contributed by atoms with Crippen molar-refractivity contribution >= 4 is 17.2 Å². The van der Waals surface area contributed by atoms with Gasteiger partial charge in [-0.25, -0.2) is 4.98 Å². The fraction of sp³-hybridized carbons (Fsp3) is 0.0909. The molecule has 4 rings (SSSR count). The van der Waals surface area contributed by atoms with Crippen molar-refractivity contribution < 1.29 is 27.0 Å². The first-order valence-corrected chi connectivity index (χ1v) is 9.51. The number of ether oxygens (including phenoxy) is 2. The molecule has 0 unspecified atom stereocenters. The molecule has 0 aliphatic rings. The van der Waals surface area contributed by atoms with E-state index in [4.69, 9.17) is 11.6 Å². The second kappa shape index (κ2) is 8.88. The molecule has 2 aromatic heterocycles. The third kappa shape index (κ3) is 4.52. The van der Waals surface area contributed by atoms with Crippen molar-refractivity contribution in [3.63, 3.8) is 0 Å². The van der Waals surface area contributed by atoms with E-state index in [-0.39, 0.29) is 33.4 Å². The zero-order valence-electron chi connectivity index (χ0n) is 16.0. The Hall–Kier alpha value is -3.59. The lowest BCUT2D eigenvalue weighted by molar-refractivity contribution is -0.0505. The van der Waals surface area contributed by atoms with Crippen LogP contribution in [0, 0.1) is 0 Å². The van der Waals surface area contributed by atoms with Crippen LogP contribution in [0.2, 0.25) is 5.15 Å². The molecular weight excluding hydrogens is 452 g/mol. The smallest absolute Gasteiger partial charge is 0.387 e. The lowest BCUT2D eigenvalue weighted by Crippen LogP contribution is -2.13. The van der Waals surface area contributed by atoms with E-state index < -0.39 is 18.7 Å². The number of benzene rings is 2. The molecule has 0 saturated heterocycles. The first-order valence-electron chi connectivity index (χ1n) is 9.14. The Labute approximate surface area is 183 Å². The van der Waals surface area contributed by atoms with Crippen LogP contribution in [0.15, 0.2) is 71.8 Å². The van der Waals surface area contributed by atoms with Gasteiger partial charge in [0.25, 0.3) is 0 Å². The summed E-state index contributed by atoms with van der Waals surface area (Å²) in [6.07, 6.45) is 3.15. The Bertz CT molecular complexity index is 1310. The molecule has 0 spiro atoms. The molecule has 0 radical (unpaired) electrons. The van der Waals surface area contributed by atoms with Gasteiger partial charge in [-0.15, -0.1) is 0 Å². The van der Waals surface area contributed by atoms with E-state index in [1.54, 1.807) is 16.8 Å². The Kier molecular flexibility index (Phi) is 6.00. The number of hydrogen-bond donors (Lipinski definition) is 0. The summed E-state index contributed by atoms with van der Waals surface area (Å²) in [6.45, 7) is -5.94. The first-order chi connectivity index (χ1) is 15.3. The van der Waals surface area contributed by atoms with Crippen molar-refractivity contribution in [1.82, 2.24) is 9.38 Å². The highest BCUT2D eigenvalue weighted by molar-refractivity contribution is 6.29. The van der Waals surface area contributed by atoms with Crippen molar-refractivity contribution in [2.45, 2.75) is 13.2 Å². The largest absolute Gasteiger partial charge is 0.435 e. The number of rotatable bonds is 6. The normalized spacial score (nSPS) is 11.3. The summed E-state index contributed by atoms with van der Waals surface area (Å²) in [4.78, 5) is 17.7. The van der Waals surface area contributed by atoms with Gasteiger partial charge in [-0.1, -0.05) is 35.9 Å². The molecule has 0 aliphatic carbocycles. The topological polar surface area (TPSA) is 52.8 Å². The van der Waals surface area contributed by atoms with Gasteiger partial charge >= 0.3 is 13.2 Å². The van der Waals surface area contributed by atoms with Crippen LogP contribution in [0.4, 0.5) is 17.6 Å². The van der Waals surface area contributed by atoms with E-state index in [2.05, 4.69) is 14.5 Å². The van der Waals surface area contributed by atoms with Crippen LogP contribution in [0.25, 0.3) is 27.9 Å². The van der Waals surface area contributed by atoms with Crippen LogP contribution >= 0.6 is 11.6 Å². The zero-order chi connectivity index (χ0) is 22.8. The first kappa shape index (κ1) is 21.6. The number of aromatic nitrogens is 2. The van der Waals surface area contributed by atoms with Gasteiger partial charge in [0.15, 0.2) is 5.43 Å². The average molecular weight is 465 g/mol. The van der Waals surface area contributed by atoms with Gasteiger partial charge < -0.3 is 13.9 Å². The Morgan fingerprint density at radius 2 is 1.34 bits per heavy atom. The third-order valence-corrected chi connectivity index (χ3v) is 4.76. The maximum Gasteiger partial charge on any atom is 0.387 e. The summed E-state index contributed by atoms with van der Waals surface area (Å²) in [6, 6.07) is 12.7. The van der Waals surface area contributed by atoms with Crippen molar-refractivity contribution in [2.24, 2.45) is 0 Å². The Morgan fingerprint density at radius 1 is 0.812 bits per heavy atom. The molecule has 0 amide bonds. The van der Waals surface area contributed by atoms with Crippen LogP contribution in [-0.2, 0) is 0 Å². The van der Waals surface area contributed by atoms with E-state index in [1.807, 2.05) is 0 Å². The van der Waals surface area contributed by atoms with Gasteiger partial charge in [0, 0.05) is 18.0 Å². The summed E-state index contributed by atoms with van der Waals surface area (Å²) >= 11 is 6.02. The van der Waals surface area contributed by atoms with Gasteiger partial charge in [-0.2, -0.15) is 17.6 Å². The van der Waals surface area contributed by atoms with Gasteiger partial charge in [0.1, 0.15) is 22.3 Å². The maximum absolute atomic E-state index is 13.4. The molecule has 2 aromatic carbocycles. The molecule has 2 heterocycles. The number of pyridine rings is 1. The van der Waals surface area contributed by atoms with E-state index in [9.17, 15) is 22.4 Å². The van der Waals surface area contributed by atoms with Gasteiger partial charge in [0.2, 0.25) is 0 Å². The second-order valence-electron chi connectivity index (χ2n) is 6.53. The van der Waals surface area contributed by atoms with Crippen molar-refractivity contribution in [3.05, 3.63) is 82.4 Å². The molecule has 164 valence electrons. The van der Waals surface area contributed by atoms with Crippen molar-refractivity contribution in [1.29, 1.82) is 0 Å². The molecule has 5 nitrogen and oxygen atoms in total. The zero-order valence-corrected chi connectivity index (χ0v) is 16.8. The Morgan fingerprint density at radius 3 is 1.88 bits per heavy atom. The number of nitrogens with zero attached hydrogens (tertiary/aromatic N) is 2. The summed E-state index contributed by atoms with van der Waals surface area (Å²) < 4.78 is 60.0. The highest BCUT2D eigenvalue weighted by Crippen LogP contribution is 2.28. The summed E-state index contributed by atoms with van der Waals surface area (Å²) in [5.41, 5.74) is 1.15. The van der Waals surface area contributed by atoms with Crippen LogP contribution in [0.1, 0.15) is 0 Å². The summed E-state index contributed by atoms with van der Waals surface area (Å²) in [5.74, 6) is -0.113. The Balaban J connectivity index is 1.87. The van der Waals surface area contributed by atoms with Gasteiger partial charge in [0.05, 0.1) is 5.56 Å². The number of alkyl halides is 4. The maximum atomic E-state index is 13.4. The highest BCUT2D eigenvalue weighted by atomic mass is 35.5. The molecule has 4 aromatic rings. The molecular formula is C22H13ClF4N2O3. The molecule has 0 N–H and O–H groups in total. The lowest BCUT2D eigenvalue weighted by atomic mass is 10.00. The minimum Gasteiger partial charge on any atom is -0.435 e. The summed E-state index contributed by atoms with van der Waals surface area (Å²) in [7, 11) is 0. The molecule has 0 atom stereocenters. The standard InChI is InChI=1S/C22H13ClF4N2O3/c23-17-9-10-29-11-16(12-1-5-14(6-2-12)31-21(24)25)19(30)18(20(29)28-17)13-3-7-15(8-4-13)32-22(26)27/h1-11,21-22H. The SMILES string of the molecule is O=c1c(-c2ccc(OC(F)F)cc2)cn2ccc(Cl)nc2c1-c1ccc(OC(F)F)cc1. The highest BCUT2D eigenvalue weighted by Gasteiger charge is 2.17. The number of hydrogen-bond acceptors (Lipinski definition) is 4. The minimum absolute atomic E-state index is 0.0482. The molecule has 10 heteroatoms. The van der Waals surface area contributed by atoms with Crippen LogP contribution in [-0.4, -0.2) is 22.6 Å². The third-order valence-electron chi connectivity index (χ3n) is 4.55. The minimum atomic E-state index is -2.98. The quantitative estimate of drug-likeness (QED) is 0.264. The van der Waals surface area contributed by atoms with Crippen molar-refractivity contribution in [2.75, 3.05) is 0 Å². The second-order valence-corrected chi connectivity index (χ2v) is 6.92. The van der Waals surface area contributed by atoms with E-state index in [1.165, 1.54) is 54.6 Å². The lowest BCUT2D eigenvalue weighted by Gasteiger charge is -2.12. The predicted molar refractivity (Wildman–Crippen MR) is 111 cm³/mol. The fourth-order valence-corrected chi connectivity index (χ4v) is 3.35. The van der Waals surface area contributed by atoms with E-state index >= 15 is 0 Å². The molecule has 0 fully saturated rings. The van der Waals surface area contributed by atoms with E-state index in [0.717, 1.165) is 0 Å². The average Bonchev–Trinajstić information content (AvgIpc) is 2.74. The predicted octanol–water partition coefficient (Wildman–Crippen LogP) is 5.88. The van der Waals surface area contributed by atoms with Crippen LogP contribution < -0.4 is 14.9 Å². The summed E-state index contributed by atoms with van der Waals surface area (Å²) in [5, 5.41) is 0.157. The number of fused-ring (bicyclic) bond motifs is 1. The van der Waals surface area contributed by atoms with Gasteiger partial charge in [-0.05, 0) is 41.5 Å². The number of halogens is 5. The van der Waals surface area contributed by atoms with Gasteiger partial charge in [-0.3, -0.25) is 4.79 Å². The van der Waals surface area contributed by atoms with Crippen molar-refractivity contribution in [3.8, 4) is 33.8 Å². The molecule has 0 aliphatic heterocycles. The molecule has 0 bridgehead atoms. The molecule has 32 heavy (non-hydrogen) atoms. The van der Waals surface area contributed by atoms with Crippen LogP contribution in [0.3, 0.4) is 0 Å². The fourth-order valence-electron chi connectivity index (χ4n) is 3.22. The monoisotopic (exact) mass is 464 g/mol. The molecule has 0 saturated carbocycles. The van der Waals surface area contributed by atoms with Crippen LogP contribution in [0.5, 0.6) is 11.5 Å².